The summed E-state index contributed by atoms with van der Waals surface area (Å²) in [6.07, 6.45) is 1.60. The number of ether oxygens (including phenoxy) is 1. The van der Waals surface area contributed by atoms with Gasteiger partial charge in [-0.2, -0.15) is 5.01 Å². The summed E-state index contributed by atoms with van der Waals surface area (Å²) < 4.78 is 5.97. The second-order valence-electron chi connectivity index (χ2n) is 15.2. The molecule has 2 N–H and O–H groups in total. The predicted octanol–water partition coefficient (Wildman–Crippen LogP) is 7.54. The highest BCUT2D eigenvalue weighted by molar-refractivity contribution is 9.10. The van der Waals surface area contributed by atoms with Crippen molar-refractivity contribution in [1.82, 2.24) is 5.01 Å². The minimum absolute atomic E-state index is 0.0311. The first kappa shape index (κ1) is 40.7. The zero-order valence-corrected chi connectivity index (χ0v) is 34.9. The van der Waals surface area contributed by atoms with Crippen molar-refractivity contribution in [1.29, 1.82) is 0 Å². The molecule has 0 radical (unpaired) electrons. The number of benzene rings is 4. The van der Waals surface area contributed by atoms with Crippen LogP contribution in [0.3, 0.4) is 0 Å². The van der Waals surface area contributed by atoms with Crippen LogP contribution in [0.25, 0.3) is 0 Å². The number of allylic oxidation sites excluding steroid dienone is 2. The molecule has 0 aromatic heterocycles. The summed E-state index contributed by atoms with van der Waals surface area (Å²) in [6, 6.07) is 17.7. The van der Waals surface area contributed by atoms with E-state index < -0.39 is 79.9 Å². The van der Waals surface area contributed by atoms with Gasteiger partial charge in [-0.25, -0.2) is 4.90 Å². The van der Waals surface area contributed by atoms with Crippen molar-refractivity contribution >= 4 is 91.2 Å². The van der Waals surface area contributed by atoms with E-state index >= 15 is 9.59 Å². The van der Waals surface area contributed by atoms with E-state index in [0.717, 1.165) is 22.0 Å². The third-order valence-electron chi connectivity index (χ3n) is 12.0. The van der Waals surface area contributed by atoms with Crippen LogP contribution in [0.2, 0.25) is 10.0 Å². The number of anilines is 3. The number of methoxy groups -OCH3 is 1. The van der Waals surface area contributed by atoms with E-state index in [0.29, 0.717) is 26.4 Å². The lowest BCUT2D eigenvalue weighted by molar-refractivity contribution is -0.392. The molecule has 19 heteroatoms. The van der Waals surface area contributed by atoms with Crippen molar-refractivity contribution < 1.29 is 38.9 Å². The van der Waals surface area contributed by atoms with Crippen LogP contribution in [0.5, 0.6) is 11.5 Å². The fraction of sp³-hybridized carbons (Fsp3) is 0.268. The van der Waals surface area contributed by atoms with E-state index in [1.807, 2.05) is 0 Å². The lowest BCUT2D eigenvalue weighted by atomic mass is 9.49. The molecule has 2 heterocycles. The number of imide groups is 2. The number of carbonyl (C=O) groups excluding carboxylic acids is 4. The standard InChI is InChI=1S/C41H33BrCl2N6O10/c1-46(2)36-31(49(56)57)16-22(17-32(36)50(58)59)47-37(52)25-11-10-24-26(34(25)39(47)54)18-28-38(53)48(45-30-12-7-21(43)15-29(30)44)40(55)41(28,19-4-8-23(60-3)9-5-19)35(24)27-14-20(42)6-13-33(27)51/h4-10,12-17,25-26,28,34-35,45,51H,11,18H2,1-3H3/t25-,26+,28-,34-,35+,41+/m0/s1. The molecule has 4 aromatic rings. The summed E-state index contributed by atoms with van der Waals surface area (Å²) in [6.45, 7) is 0. The molecule has 4 amide bonds. The highest BCUT2D eigenvalue weighted by Gasteiger charge is 2.71. The number of rotatable bonds is 9. The molecule has 2 saturated heterocycles. The number of hydrogen-bond acceptors (Lipinski definition) is 12. The molecule has 1 saturated carbocycles. The van der Waals surface area contributed by atoms with E-state index in [1.165, 1.54) is 50.4 Å². The number of nitrogens with one attached hydrogen (secondary N) is 1. The Labute approximate surface area is 359 Å². The summed E-state index contributed by atoms with van der Waals surface area (Å²) in [5, 5.41) is 37.5. The van der Waals surface area contributed by atoms with Crippen molar-refractivity contribution in [3.8, 4) is 11.5 Å². The van der Waals surface area contributed by atoms with Gasteiger partial charge in [-0.15, -0.1) is 0 Å². The van der Waals surface area contributed by atoms with E-state index in [-0.39, 0.29) is 46.2 Å². The van der Waals surface area contributed by atoms with E-state index in [1.54, 1.807) is 42.5 Å². The normalized spacial score (nSPS) is 24.4. The van der Waals surface area contributed by atoms with Gasteiger partial charge in [-0.1, -0.05) is 62.9 Å². The molecule has 2 aliphatic heterocycles. The van der Waals surface area contributed by atoms with Gasteiger partial charge in [-0.3, -0.25) is 44.8 Å². The summed E-state index contributed by atoms with van der Waals surface area (Å²) >= 11 is 16.2. The molecule has 4 aromatic carbocycles. The van der Waals surface area contributed by atoms with Crippen LogP contribution in [-0.2, 0) is 24.6 Å². The van der Waals surface area contributed by atoms with Gasteiger partial charge in [0.05, 0.1) is 56.5 Å². The Bertz CT molecular complexity index is 2570. The number of hydrogen-bond donors (Lipinski definition) is 2. The van der Waals surface area contributed by atoms with Crippen molar-refractivity contribution in [3.05, 3.63) is 130 Å². The zero-order valence-electron chi connectivity index (χ0n) is 31.8. The fourth-order valence-electron chi connectivity index (χ4n) is 9.65. The maximum atomic E-state index is 15.5. The number of nitro benzene ring substituents is 2. The molecule has 4 aliphatic rings. The zero-order chi connectivity index (χ0) is 43.1. The first-order chi connectivity index (χ1) is 28.5. The van der Waals surface area contributed by atoms with Gasteiger partial charge in [0.25, 0.3) is 11.8 Å². The molecule has 16 nitrogen and oxygen atoms in total. The summed E-state index contributed by atoms with van der Waals surface area (Å²) in [5.41, 5.74) is 0.453. The Morgan fingerprint density at radius 3 is 2.17 bits per heavy atom. The minimum Gasteiger partial charge on any atom is -0.508 e. The number of halogens is 3. The molecule has 60 heavy (non-hydrogen) atoms. The van der Waals surface area contributed by atoms with Crippen molar-refractivity contribution in [2.45, 2.75) is 24.2 Å². The van der Waals surface area contributed by atoms with Gasteiger partial charge in [0.1, 0.15) is 11.5 Å². The Morgan fingerprint density at radius 1 is 0.900 bits per heavy atom. The van der Waals surface area contributed by atoms with Crippen LogP contribution in [0, 0.1) is 43.9 Å². The van der Waals surface area contributed by atoms with Crippen LogP contribution in [0.4, 0.5) is 28.4 Å². The summed E-state index contributed by atoms with van der Waals surface area (Å²) in [5.74, 6) is -8.04. The Morgan fingerprint density at radius 2 is 1.57 bits per heavy atom. The SMILES string of the molecule is COc1ccc([C@@]23C(=O)N(Nc4ccc(Cl)cc4Cl)C(=O)[C@@H]2C[C@@H]2C(=CC[C@@H]4C(=O)N(c5cc([N+](=O)[O-])c(N(C)C)c([N+](=O)[O-])c5)C(=O)[C@@H]42)[C@@H]3c2cc(Br)ccc2O)cc1. The number of phenolic OH excluding ortho intramolecular Hbond substituents is 1. The highest BCUT2D eigenvalue weighted by atomic mass is 79.9. The second kappa shape index (κ2) is 14.9. The van der Waals surface area contributed by atoms with Crippen LogP contribution < -0.4 is 20.0 Å². The van der Waals surface area contributed by atoms with Crippen LogP contribution >= 0.6 is 39.1 Å². The third kappa shape index (κ3) is 6.08. The molecule has 3 fully saturated rings. The van der Waals surface area contributed by atoms with Gasteiger partial charge in [0.15, 0.2) is 5.69 Å². The van der Waals surface area contributed by atoms with Crippen molar-refractivity contribution in [2.75, 3.05) is 36.4 Å². The third-order valence-corrected chi connectivity index (χ3v) is 13.1. The van der Waals surface area contributed by atoms with Gasteiger partial charge < -0.3 is 14.7 Å². The number of amides is 4. The molecule has 0 bridgehead atoms. The lowest BCUT2D eigenvalue weighted by Crippen LogP contribution is -2.53. The number of phenols is 1. The smallest absolute Gasteiger partial charge is 0.301 e. The number of nitro groups is 2. The van der Waals surface area contributed by atoms with Crippen molar-refractivity contribution in [2.24, 2.45) is 23.7 Å². The molecule has 8 rings (SSSR count). The monoisotopic (exact) mass is 918 g/mol. The average Bonchev–Trinajstić information content (AvgIpc) is 3.59. The second-order valence-corrected chi connectivity index (χ2v) is 16.9. The number of hydrazine groups is 1. The molecule has 308 valence electrons. The predicted molar refractivity (Wildman–Crippen MR) is 223 cm³/mol. The molecule has 2 aliphatic carbocycles. The van der Waals surface area contributed by atoms with Gasteiger partial charge in [0.2, 0.25) is 11.8 Å². The molecule has 0 unspecified atom stereocenters. The molecule has 6 atom stereocenters. The van der Waals surface area contributed by atoms with Gasteiger partial charge in [0, 0.05) is 47.2 Å². The quantitative estimate of drug-likeness (QED) is 0.0723. The lowest BCUT2D eigenvalue weighted by Gasteiger charge is -2.50. The molecule has 0 spiro atoms. The average molecular weight is 921 g/mol. The Hall–Kier alpha value is -6.04. The molecular formula is C41H33BrCl2N6O10. The summed E-state index contributed by atoms with van der Waals surface area (Å²) in [7, 11) is 4.27. The van der Waals surface area contributed by atoms with E-state index in [9.17, 15) is 34.9 Å². The van der Waals surface area contributed by atoms with Crippen LogP contribution in [-0.4, -0.2) is 64.8 Å². The van der Waals surface area contributed by atoms with Gasteiger partial charge >= 0.3 is 11.4 Å². The summed E-state index contributed by atoms with van der Waals surface area (Å²) in [4.78, 5) is 84.5. The topological polar surface area (TPSA) is 206 Å². The number of aromatic hydroxyl groups is 1. The molecular weight excluding hydrogens is 887 g/mol. The minimum atomic E-state index is -1.77. The first-order valence-corrected chi connectivity index (χ1v) is 20.0. The number of fused-ring (bicyclic) bond motifs is 4. The number of nitrogens with zero attached hydrogens (tertiary/aromatic N) is 5. The largest absolute Gasteiger partial charge is 0.508 e. The Kier molecular flexibility index (Phi) is 10.1. The fourth-order valence-corrected chi connectivity index (χ4v) is 10.5. The van der Waals surface area contributed by atoms with Crippen LogP contribution in [0.15, 0.2) is 88.9 Å². The first-order valence-electron chi connectivity index (χ1n) is 18.5. The van der Waals surface area contributed by atoms with E-state index in [4.69, 9.17) is 27.9 Å². The van der Waals surface area contributed by atoms with Crippen LogP contribution in [0.1, 0.15) is 29.9 Å². The van der Waals surface area contributed by atoms with Crippen molar-refractivity contribution in [3.63, 3.8) is 0 Å². The number of carbonyl (C=O) groups is 4. The Balaban J connectivity index is 1.32. The maximum absolute atomic E-state index is 15.5. The maximum Gasteiger partial charge on any atom is 0.301 e. The van der Waals surface area contributed by atoms with Gasteiger partial charge in [-0.05, 0) is 72.9 Å². The van der Waals surface area contributed by atoms with E-state index in [2.05, 4.69) is 21.4 Å². The highest BCUT2D eigenvalue weighted by Crippen LogP contribution is 2.65.